The van der Waals surface area contributed by atoms with Crippen LogP contribution in [-0.4, -0.2) is 35.4 Å². The number of aliphatic carboxylic acids is 1. The van der Waals surface area contributed by atoms with Gasteiger partial charge in [-0.2, -0.15) is 0 Å². The number of hydrogen-bond donors (Lipinski definition) is 3. The quantitative estimate of drug-likeness (QED) is 0.440. The molecule has 0 radical (unpaired) electrons. The second-order valence-electron chi connectivity index (χ2n) is 4.64. The Hall–Kier alpha value is -1.43. The average molecular weight is 256 g/mol. The van der Waals surface area contributed by atoms with Crippen LogP contribution in [0.4, 0.5) is 0 Å². The number of nitrogens with one attached hydrogen (secondary N) is 1. The molecule has 4 N–H and O–H groups in total. The van der Waals surface area contributed by atoms with Gasteiger partial charge < -0.3 is 16.2 Å². The van der Waals surface area contributed by atoms with Gasteiger partial charge in [-0.05, 0) is 32.1 Å². The Balaban J connectivity index is 2.09. The number of unbranched alkanes of at least 4 members (excludes halogenated alkanes) is 1. The van der Waals surface area contributed by atoms with Gasteiger partial charge in [0.1, 0.15) is 11.8 Å². The first-order chi connectivity index (χ1) is 8.52. The first-order valence-electron chi connectivity index (χ1n) is 6.31. The molecule has 0 bridgehead atoms. The van der Waals surface area contributed by atoms with Gasteiger partial charge in [-0.25, -0.2) is 0 Å². The van der Waals surface area contributed by atoms with Crippen molar-refractivity contribution in [3.05, 3.63) is 0 Å². The Morgan fingerprint density at radius 2 is 2.17 bits per heavy atom. The third kappa shape index (κ3) is 4.44. The standard InChI is InChI=1S/C12H20N2O4/c13-9(12(17)18)5-1-2-7-14-11(16)8-4-3-6-10(8)15/h8-9H,1-7,13H2,(H,14,16)(H,17,18)/t8?,9-/m0/s1. The zero-order valence-corrected chi connectivity index (χ0v) is 10.4. The molecule has 6 nitrogen and oxygen atoms in total. The van der Waals surface area contributed by atoms with Gasteiger partial charge in [-0.1, -0.05) is 0 Å². The van der Waals surface area contributed by atoms with Crippen molar-refractivity contribution in [3.8, 4) is 0 Å². The highest BCUT2D eigenvalue weighted by Crippen LogP contribution is 2.21. The molecule has 0 aromatic rings. The van der Waals surface area contributed by atoms with E-state index in [2.05, 4.69) is 5.32 Å². The maximum atomic E-state index is 11.6. The smallest absolute Gasteiger partial charge is 0.320 e. The van der Waals surface area contributed by atoms with Crippen molar-refractivity contribution in [1.29, 1.82) is 0 Å². The van der Waals surface area contributed by atoms with Gasteiger partial charge in [0, 0.05) is 13.0 Å². The summed E-state index contributed by atoms with van der Waals surface area (Å²) in [6.07, 6.45) is 3.66. The van der Waals surface area contributed by atoms with Crippen LogP contribution < -0.4 is 11.1 Å². The number of carbonyl (C=O) groups excluding carboxylic acids is 2. The number of carbonyl (C=O) groups is 3. The van der Waals surface area contributed by atoms with Crippen molar-refractivity contribution in [2.75, 3.05) is 6.54 Å². The van der Waals surface area contributed by atoms with Crippen LogP contribution >= 0.6 is 0 Å². The predicted octanol–water partition coefficient (Wildman–Crippen LogP) is 0.0540. The third-order valence-corrected chi connectivity index (χ3v) is 3.18. The molecule has 0 heterocycles. The van der Waals surface area contributed by atoms with Crippen molar-refractivity contribution >= 4 is 17.7 Å². The fourth-order valence-electron chi connectivity index (χ4n) is 2.04. The molecule has 0 spiro atoms. The number of nitrogens with two attached hydrogens (primary N) is 1. The summed E-state index contributed by atoms with van der Waals surface area (Å²) in [5.74, 6) is -1.64. The zero-order valence-electron chi connectivity index (χ0n) is 10.4. The van der Waals surface area contributed by atoms with Gasteiger partial charge in [0.05, 0.1) is 5.92 Å². The minimum absolute atomic E-state index is 0.0281. The lowest BCUT2D eigenvalue weighted by molar-refractivity contribution is -0.139. The number of hydrogen-bond acceptors (Lipinski definition) is 4. The van der Waals surface area contributed by atoms with Crippen LogP contribution in [0.15, 0.2) is 0 Å². The molecule has 18 heavy (non-hydrogen) atoms. The fourth-order valence-corrected chi connectivity index (χ4v) is 2.04. The van der Waals surface area contributed by atoms with E-state index in [0.29, 0.717) is 38.6 Å². The third-order valence-electron chi connectivity index (χ3n) is 3.18. The minimum Gasteiger partial charge on any atom is -0.480 e. The Kier molecular flexibility index (Phi) is 5.77. The summed E-state index contributed by atoms with van der Waals surface area (Å²) in [7, 11) is 0. The second-order valence-corrected chi connectivity index (χ2v) is 4.64. The Labute approximate surface area is 106 Å². The lowest BCUT2D eigenvalue weighted by atomic mass is 10.1. The highest BCUT2D eigenvalue weighted by Gasteiger charge is 2.30. The second kappa shape index (κ2) is 7.10. The molecule has 2 atom stereocenters. The number of rotatable bonds is 7. The molecule has 1 rings (SSSR count). The lowest BCUT2D eigenvalue weighted by Gasteiger charge is -2.10. The van der Waals surface area contributed by atoms with Crippen molar-refractivity contribution in [2.45, 2.75) is 44.6 Å². The number of carboxylic acids is 1. The predicted molar refractivity (Wildman–Crippen MR) is 64.8 cm³/mol. The summed E-state index contributed by atoms with van der Waals surface area (Å²) in [4.78, 5) is 33.4. The SMILES string of the molecule is N[C@@H](CCCCNC(=O)C1CCCC1=O)C(=O)O. The summed E-state index contributed by atoms with van der Waals surface area (Å²) in [5, 5.41) is 11.3. The van der Waals surface area contributed by atoms with E-state index in [1.165, 1.54) is 0 Å². The Morgan fingerprint density at radius 3 is 2.72 bits per heavy atom. The van der Waals surface area contributed by atoms with Gasteiger partial charge in [0.2, 0.25) is 5.91 Å². The molecule has 6 heteroatoms. The zero-order chi connectivity index (χ0) is 13.5. The molecular formula is C12H20N2O4. The molecule has 0 aromatic heterocycles. The largest absolute Gasteiger partial charge is 0.480 e. The Morgan fingerprint density at radius 1 is 1.44 bits per heavy atom. The van der Waals surface area contributed by atoms with Crippen LogP contribution in [-0.2, 0) is 14.4 Å². The molecule has 1 saturated carbocycles. The van der Waals surface area contributed by atoms with E-state index in [-0.39, 0.29) is 11.7 Å². The monoisotopic (exact) mass is 256 g/mol. The number of amides is 1. The first kappa shape index (κ1) is 14.6. The topological polar surface area (TPSA) is 109 Å². The van der Waals surface area contributed by atoms with Crippen molar-refractivity contribution in [2.24, 2.45) is 11.7 Å². The summed E-state index contributed by atoms with van der Waals surface area (Å²) < 4.78 is 0. The van der Waals surface area contributed by atoms with E-state index >= 15 is 0 Å². The van der Waals surface area contributed by atoms with E-state index < -0.39 is 17.9 Å². The van der Waals surface area contributed by atoms with Gasteiger partial charge >= 0.3 is 5.97 Å². The van der Waals surface area contributed by atoms with E-state index in [1.54, 1.807) is 0 Å². The molecule has 102 valence electrons. The maximum absolute atomic E-state index is 11.6. The first-order valence-corrected chi connectivity index (χ1v) is 6.31. The van der Waals surface area contributed by atoms with Crippen LogP contribution in [0, 0.1) is 5.92 Å². The van der Waals surface area contributed by atoms with Crippen molar-refractivity contribution < 1.29 is 19.5 Å². The van der Waals surface area contributed by atoms with Gasteiger partial charge in [-0.3, -0.25) is 14.4 Å². The van der Waals surface area contributed by atoms with E-state index in [4.69, 9.17) is 10.8 Å². The van der Waals surface area contributed by atoms with E-state index in [0.717, 1.165) is 6.42 Å². The summed E-state index contributed by atoms with van der Waals surface area (Å²) in [6.45, 7) is 0.467. The average Bonchev–Trinajstić information content (AvgIpc) is 2.74. The molecule has 1 aliphatic rings. The molecule has 0 aromatic carbocycles. The van der Waals surface area contributed by atoms with Crippen LogP contribution in [0.25, 0.3) is 0 Å². The normalized spacial score (nSPS) is 20.7. The maximum Gasteiger partial charge on any atom is 0.320 e. The molecule has 1 unspecified atom stereocenters. The summed E-state index contributed by atoms with van der Waals surface area (Å²) in [6, 6.07) is -0.836. The molecule has 1 aliphatic carbocycles. The number of Topliss-reactive ketones (excluding diaryl/α,β-unsaturated/α-hetero) is 1. The molecule has 1 amide bonds. The van der Waals surface area contributed by atoms with E-state index in [9.17, 15) is 14.4 Å². The molecular weight excluding hydrogens is 236 g/mol. The lowest BCUT2D eigenvalue weighted by Crippen LogP contribution is -2.34. The van der Waals surface area contributed by atoms with Crippen molar-refractivity contribution in [1.82, 2.24) is 5.32 Å². The van der Waals surface area contributed by atoms with Crippen LogP contribution in [0.2, 0.25) is 0 Å². The van der Waals surface area contributed by atoms with Crippen LogP contribution in [0.1, 0.15) is 38.5 Å². The molecule has 0 saturated heterocycles. The Bertz CT molecular complexity index is 330. The van der Waals surface area contributed by atoms with E-state index in [1.807, 2.05) is 0 Å². The number of carboxylic acid groups (broad SMARTS) is 1. The van der Waals surface area contributed by atoms with Crippen LogP contribution in [0.5, 0.6) is 0 Å². The summed E-state index contributed by atoms with van der Waals surface area (Å²) in [5.41, 5.74) is 5.34. The molecule has 1 fully saturated rings. The van der Waals surface area contributed by atoms with Gasteiger partial charge in [0.15, 0.2) is 0 Å². The number of ketones is 1. The fraction of sp³-hybridized carbons (Fsp3) is 0.750. The van der Waals surface area contributed by atoms with Gasteiger partial charge in [-0.15, -0.1) is 0 Å². The van der Waals surface area contributed by atoms with Crippen LogP contribution in [0.3, 0.4) is 0 Å². The minimum atomic E-state index is -1.00. The summed E-state index contributed by atoms with van der Waals surface area (Å²) >= 11 is 0. The highest BCUT2D eigenvalue weighted by atomic mass is 16.4. The molecule has 0 aliphatic heterocycles. The van der Waals surface area contributed by atoms with Crippen molar-refractivity contribution in [3.63, 3.8) is 0 Å². The van der Waals surface area contributed by atoms with Gasteiger partial charge in [0.25, 0.3) is 0 Å². The highest BCUT2D eigenvalue weighted by molar-refractivity contribution is 6.02.